The van der Waals surface area contributed by atoms with Crippen LogP contribution < -0.4 is 5.32 Å². The van der Waals surface area contributed by atoms with E-state index in [9.17, 15) is 4.79 Å². The molecule has 0 aromatic heterocycles. The van der Waals surface area contributed by atoms with Gasteiger partial charge in [-0.15, -0.1) is 0 Å². The molecule has 1 rings (SSSR count). The van der Waals surface area contributed by atoms with Gasteiger partial charge in [0.15, 0.2) is 0 Å². The summed E-state index contributed by atoms with van der Waals surface area (Å²) in [5.41, 5.74) is 0. The van der Waals surface area contributed by atoms with E-state index in [0.717, 1.165) is 25.7 Å². The molecule has 15 heavy (non-hydrogen) atoms. The molecule has 0 aromatic rings. The molecular formula is C12H23NO2. The maximum atomic E-state index is 11.6. The number of aliphatic hydroxyl groups is 1. The first kappa shape index (κ1) is 12.5. The van der Waals surface area contributed by atoms with Crippen LogP contribution in [0.25, 0.3) is 0 Å². The van der Waals surface area contributed by atoms with Gasteiger partial charge in [0.05, 0.1) is 0 Å². The van der Waals surface area contributed by atoms with Crippen LogP contribution in [-0.4, -0.2) is 23.7 Å². The Bertz CT molecular complexity index is 204. The lowest BCUT2D eigenvalue weighted by atomic mass is 10.0. The van der Waals surface area contributed by atoms with Gasteiger partial charge in [-0.25, -0.2) is 0 Å². The van der Waals surface area contributed by atoms with Crippen molar-refractivity contribution < 1.29 is 9.90 Å². The van der Waals surface area contributed by atoms with Crippen LogP contribution in [0.15, 0.2) is 0 Å². The maximum absolute atomic E-state index is 11.6. The highest BCUT2D eigenvalue weighted by Gasteiger charge is 2.27. The Balaban J connectivity index is 2.24. The number of hydrogen-bond acceptors (Lipinski definition) is 2. The normalized spacial score (nSPS) is 25.9. The van der Waals surface area contributed by atoms with Crippen LogP contribution in [0.5, 0.6) is 0 Å². The van der Waals surface area contributed by atoms with Crippen molar-refractivity contribution in [2.75, 3.05) is 6.61 Å². The van der Waals surface area contributed by atoms with Gasteiger partial charge in [-0.05, 0) is 25.2 Å². The van der Waals surface area contributed by atoms with Crippen molar-refractivity contribution in [3.8, 4) is 0 Å². The molecule has 1 aliphatic rings. The quantitative estimate of drug-likeness (QED) is 0.730. The number of hydrogen-bond donors (Lipinski definition) is 2. The van der Waals surface area contributed by atoms with Crippen LogP contribution in [0.4, 0.5) is 0 Å². The average Bonchev–Trinajstić information content (AvgIpc) is 2.62. The van der Waals surface area contributed by atoms with Crippen molar-refractivity contribution in [1.82, 2.24) is 5.32 Å². The summed E-state index contributed by atoms with van der Waals surface area (Å²) in [4.78, 5) is 11.6. The minimum absolute atomic E-state index is 0.147. The molecule has 88 valence electrons. The first-order chi connectivity index (χ1) is 7.13. The minimum atomic E-state index is 0.147. The molecule has 3 heteroatoms. The summed E-state index contributed by atoms with van der Waals surface area (Å²) >= 11 is 0. The summed E-state index contributed by atoms with van der Waals surface area (Å²) in [5.74, 6) is 1.01. The number of carbonyl (C=O) groups is 1. The fraction of sp³-hybridized carbons (Fsp3) is 0.917. The Hall–Kier alpha value is -0.570. The molecule has 2 unspecified atom stereocenters. The van der Waals surface area contributed by atoms with Crippen LogP contribution in [-0.2, 0) is 4.79 Å². The van der Waals surface area contributed by atoms with Gasteiger partial charge < -0.3 is 10.4 Å². The summed E-state index contributed by atoms with van der Waals surface area (Å²) < 4.78 is 0. The van der Waals surface area contributed by atoms with Crippen LogP contribution in [0.2, 0.25) is 0 Å². The van der Waals surface area contributed by atoms with Crippen molar-refractivity contribution in [3.05, 3.63) is 0 Å². The van der Waals surface area contributed by atoms with Crippen molar-refractivity contribution in [2.45, 2.75) is 52.0 Å². The van der Waals surface area contributed by atoms with E-state index in [2.05, 4.69) is 19.2 Å². The lowest BCUT2D eigenvalue weighted by Crippen LogP contribution is -2.38. The first-order valence-electron chi connectivity index (χ1n) is 6.03. The molecule has 0 aromatic carbocycles. The summed E-state index contributed by atoms with van der Waals surface area (Å²) in [6, 6.07) is 0.217. The summed E-state index contributed by atoms with van der Waals surface area (Å²) in [6.07, 6.45) is 4.76. The van der Waals surface area contributed by atoms with Gasteiger partial charge in [0.2, 0.25) is 5.91 Å². The first-order valence-corrected chi connectivity index (χ1v) is 6.03. The lowest BCUT2D eigenvalue weighted by Gasteiger charge is -2.19. The molecule has 0 radical (unpaired) electrons. The third-order valence-electron chi connectivity index (χ3n) is 3.19. The molecule has 1 fully saturated rings. The fourth-order valence-corrected chi connectivity index (χ4v) is 2.14. The van der Waals surface area contributed by atoms with Gasteiger partial charge in [-0.2, -0.15) is 0 Å². The Morgan fingerprint density at radius 3 is 2.80 bits per heavy atom. The molecule has 0 bridgehead atoms. The minimum Gasteiger partial charge on any atom is -0.396 e. The topological polar surface area (TPSA) is 49.3 Å². The van der Waals surface area contributed by atoms with Gasteiger partial charge in [0, 0.05) is 25.0 Å². The average molecular weight is 213 g/mol. The Morgan fingerprint density at radius 2 is 2.20 bits per heavy atom. The molecule has 1 amide bonds. The standard InChI is InChI=1S/C12H23NO2/c1-9(2)6-7-12(15)13-11-5-3-4-10(11)8-14/h9-11,14H,3-8H2,1-2H3,(H,13,15). The smallest absolute Gasteiger partial charge is 0.220 e. The Labute approximate surface area is 92.3 Å². The third kappa shape index (κ3) is 4.20. The monoisotopic (exact) mass is 213 g/mol. The second-order valence-electron chi connectivity index (χ2n) is 4.98. The van der Waals surface area contributed by atoms with E-state index in [1.54, 1.807) is 0 Å². The zero-order valence-corrected chi connectivity index (χ0v) is 9.83. The summed E-state index contributed by atoms with van der Waals surface area (Å²) in [6.45, 7) is 4.45. The van der Waals surface area contributed by atoms with Crippen molar-refractivity contribution in [2.24, 2.45) is 11.8 Å². The van der Waals surface area contributed by atoms with Crippen molar-refractivity contribution in [3.63, 3.8) is 0 Å². The van der Waals surface area contributed by atoms with E-state index in [0.29, 0.717) is 12.3 Å². The van der Waals surface area contributed by atoms with E-state index in [1.807, 2.05) is 0 Å². The van der Waals surface area contributed by atoms with Crippen LogP contribution in [0.1, 0.15) is 46.0 Å². The largest absolute Gasteiger partial charge is 0.396 e. The van der Waals surface area contributed by atoms with E-state index in [-0.39, 0.29) is 24.5 Å². The molecular weight excluding hydrogens is 190 g/mol. The highest BCUT2D eigenvalue weighted by Crippen LogP contribution is 2.25. The molecule has 0 spiro atoms. The van der Waals surface area contributed by atoms with E-state index >= 15 is 0 Å². The van der Waals surface area contributed by atoms with E-state index in [4.69, 9.17) is 5.11 Å². The second-order valence-corrected chi connectivity index (χ2v) is 4.98. The van der Waals surface area contributed by atoms with Gasteiger partial charge in [0.1, 0.15) is 0 Å². The predicted molar refractivity (Wildman–Crippen MR) is 60.4 cm³/mol. The molecule has 2 N–H and O–H groups in total. The molecule has 0 heterocycles. The van der Waals surface area contributed by atoms with Gasteiger partial charge in [-0.3, -0.25) is 4.79 Å². The SMILES string of the molecule is CC(C)CCC(=O)NC1CCCC1CO. The molecule has 1 saturated carbocycles. The zero-order chi connectivity index (χ0) is 11.3. The van der Waals surface area contributed by atoms with Crippen LogP contribution >= 0.6 is 0 Å². The number of aliphatic hydroxyl groups excluding tert-OH is 1. The Morgan fingerprint density at radius 1 is 1.47 bits per heavy atom. The van der Waals surface area contributed by atoms with Gasteiger partial charge >= 0.3 is 0 Å². The summed E-state index contributed by atoms with van der Waals surface area (Å²) in [5, 5.41) is 12.2. The fourth-order valence-electron chi connectivity index (χ4n) is 2.14. The maximum Gasteiger partial charge on any atom is 0.220 e. The van der Waals surface area contributed by atoms with Gasteiger partial charge in [0.25, 0.3) is 0 Å². The highest BCUT2D eigenvalue weighted by molar-refractivity contribution is 5.76. The number of rotatable bonds is 5. The number of carbonyl (C=O) groups excluding carboxylic acids is 1. The molecule has 1 aliphatic carbocycles. The number of amides is 1. The highest BCUT2D eigenvalue weighted by atomic mass is 16.3. The lowest BCUT2D eigenvalue weighted by molar-refractivity contribution is -0.122. The molecule has 0 saturated heterocycles. The zero-order valence-electron chi connectivity index (χ0n) is 9.83. The Kier molecular flexibility index (Phi) is 5.09. The summed E-state index contributed by atoms with van der Waals surface area (Å²) in [7, 11) is 0. The van der Waals surface area contributed by atoms with E-state index < -0.39 is 0 Å². The number of nitrogens with one attached hydrogen (secondary N) is 1. The van der Waals surface area contributed by atoms with Crippen molar-refractivity contribution in [1.29, 1.82) is 0 Å². The molecule has 3 nitrogen and oxygen atoms in total. The second kappa shape index (κ2) is 6.11. The molecule has 0 aliphatic heterocycles. The molecule has 2 atom stereocenters. The predicted octanol–water partition coefficient (Wildman–Crippen LogP) is 1.70. The van der Waals surface area contributed by atoms with E-state index in [1.165, 1.54) is 0 Å². The van der Waals surface area contributed by atoms with Crippen LogP contribution in [0.3, 0.4) is 0 Å². The third-order valence-corrected chi connectivity index (χ3v) is 3.19. The van der Waals surface area contributed by atoms with Crippen molar-refractivity contribution >= 4 is 5.91 Å². The van der Waals surface area contributed by atoms with Crippen LogP contribution in [0, 0.1) is 11.8 Å². The van der Waals surface area contributed by atoms with Gasteiger partial charge in [-0.1, -0.05) is 20.3 Å².